The zero-order chi connectivity index (χ0) is 13.8. The van der Waals surface area contributed by atoms with Crippen molar-refractivity contribution in [3.05, 3.63) is 35.4 Å². The molecule has 5 heteroatoms. The van der Waals surface area contributed by atoms with Crippen LogP contribution in [0.2, 0.25) is 0 Å². The molecule has 0 aromatic heterocycles. The molecule has 0 amide bonds. The van der Waals surface area contributed by atoms with Crippen LogP contribution in [-0.2, 0) is 4.74 Å². The molecule has 0 saturated carbocycles. The second-order valence-corrected chi connectivity index (χ2v) is 4.34. The Morgan fingerprint density at radius 2 is 2.06 bits per heavy atom. The van der Waals surface area contributed by atoms with Crippen molar-refractivity contribution >= 4 is 0 Å². The minimum Gasteiger partial charge on any atom is -0.374 e. The van der Waals surface area contributed by atoms with Crippen LogP contribution in [0.1, 0.15) is 38.8 Å². The Kier molecular flexibility index (Phi) is 5.19. The van der Waals surface area contributed by atoms with Crippen molar-refractivity contribution in [1.82, 2.24) is 5.43 Å². The van der Waals surface area contributed by atoms with Crippen LogP contribution in [-0.4, -0.2) is 12.2 Å². The van der Waals surface area contributed by atoms with Gasteiger partial charge in [-0.1, -0.05) is 19.1 Å². The molecule has 0 spiro atoms. The summed E-state index contributed by atoms with van der Waals surface area (Å²) in [5, 5.41) is 0. The highest BCUT2D eigenvalue weighted by molar-refractivity contribution is 5.25. The van der Waals surface area contributed by atoms with E-state index in [1.807, 2.05) is 20.8 Å². The molecule has 0 fully saturated rings. The third kappa shape index (κ3) is 2.85. The largest absolute Gasteiger partial charge is 0.374 e. The van der Waals surface area contributed by atoms with E-state index < -0.39 is 23.3 Å². The maximum Gasteiger partial charge on any atom is 0.163 e. The molecule has 0 bridgehead atoms. The fourth-order valence-electron chi connectivity index (χ4n) is 2.06. The van der Waals surface area contributed by atoms with Crippen LogP contribution >= 0.6 is 0 Å². The van der Waals surface area contributed by atoms with Crippen LogP contribution in [0.15, 0.2) is 18.2 Å². The van der Waals surface area contributed by atoms with Gasteiger partial charge in [0.1, 0.15) is 0 Å². The van der Waals surface area contributed by atoms with Crippen LogP contribution in [0.25, 0.3) is 0 Å². The Balaban J connectivity index is 3.19. The van der Waals surface area contributed by atoms with Gasteiger partial charge in [0.15, 0.2) is 11.6 Å². The zero-order valence-corrected chi connectivity index (χ0v) is 11.0. The summed E-state index contributed by atoms with van der Waals surface area (Å²) in [4.78, 5) is 0. The third-order valence-electron chi connectivity index (χ3n) is 3.25. The first-order valence-electron chi connectivity index (χ1n) is 6.04. The van der Waals surface area contributed by atoms with Gasteiger partial charge >= 0.3 is 0 Å². The van der Waals surface area contributed by atoms with Crippen molar-refractivity contribution in [2.45, 2.75) is 38.8 Å². The molecule has 0 aliphatic carbocycles. The van der Waals surface area contributed by atoms with Crippen molar-refractivity contribution in [1.29, 1.82) is 0 Å². The molecule has 0 heterocycles. The van der Waals surface area contributed by atoms with E-state index >= 15 is 0 Å². The number of hydrogen-bond acceptors (Lipinski definition) is 3. The van der Waals surface area contributed by atoms with E-state index in [1.54, 1.807) is 0 Å². The molecule has 0 radical (unpaired) electrons. The number of nitrogens with two attached hydrogens (primary N) is 1. The van der Waals surface area contributed by atoms with Crippen molar-refractivity contribution in [3.63, 3.8) is 0 Å². The van der Waals surface area contributed by atoms with Gasteiger partial charge in [-0.15, -0.1) is 0 Å². The van der Waals surface area contributed by atoms with Crippen LogP contribution in [0.3, 0.4) is 0 Å². The highest BCUT2D eigenvalue weighted by Crippen LogP contribution is 2.33. The Bertz CT molecular complexity index is 401. The van der Waals surface area contributed by atoms with E-state index in [9.17, 15) is 8.78 Å². The summed E-state index contributed by atoms with van der Waals surface area (Å²) in [6.45, 7) is 6.06. The van der Waals surface area contributed by atoms with Crippen molar-refractivity contribution in [3.8, 4) is 0 Å². The lowest BCUT2D eigenvalue weighted by Gasteiger charge is -2.36. The second kappa shape index (κ2) is 6.22. The van der Waals surface area contributed by atoms with Gasteiger partial charge in [0, 0.05) is 12.2 Å². The fourth-order valence-corrected chi connectivity index (χ4v) is 2.06. The van der Waals surface area contributed by atoms with Gasteiger partial charge in [-0.2, -0.15) is 0 Å². The average Bonchev–Trinajstić information content (AvgIpc) is 2.35. The Hall–Kier alpha value is -1.04. The van der Waals surface area contributed by atoms with Crippen molar-refractivity contribution < 1.29 is 13.5 Å². The first-order valence-corrected chi connectivity index (χ1v) is 6.04. The molecule has 3 nitrogen and oxygen atoms in total. The first-order chi connectivity index (χ1) is 8.50. The summed E-state index contributed by atoms with van der Waals surface area (Å²) >= 11 is 0. The molecular formula is C13H20F2N2O. The van der Waals surface area contributed by atoms with Gasteiger partial charge in [0.05, 0.1) is 11.6 Å². The fraction of sp³-hybridized carbons (Fsp3) is 0.538. The number of benzene rings is 1. The predicted molar refractivity (Wildman–Crippen MR) is 66.7 cm³/mol. The Morgan fingerprint density at radius 3 is 2.56 bits per heavy atom. The predicted octanol–water partition coefficient (Wildman–Crippen LogP) is 2.67. The SMILES string of the molecule is CCOC(C)(CC)C(NN)c1cccc(F)c1F. The molecule has 1 aromatic rings. The summed E-state index contributed by atoms with van der Waals surface area (Å²) in [5.74, 6) is 3.72. The lowest BCUT2D eigenvalue weighted by molar-refractivity contribution is -0.0572. The van der Waals surface area contributed by atoms with E-state index in [0.717, 1.165) is 6.07 Å². The van der Waals surface area contributed by atoms with Gasteiger partial charge in [0.2, 0.25) is 0 Å². The van der Waals surface area contributed by atoms with E-state index in [4.69, 9.17) is 10.6 Å². The lowest BCUT2D eigenvalue weighted by atomic mass is 9.87. The summed E-state index contributed by atoms with van der Waals surface area (Å²) in [6.07, 6.45) is 0.617. The smallest absolute Gasteiger partial charge is 0.163 e. The van der Waals surface area contributed by atoms with E-state index in [2.05, 4.69) is 5.43 Å². The standard InChI is InChI=1S/C13H20F2N2O/c1-4-13(3,18-5-2)12(17-16)9-7-6-8-10(14)11(9)15/h6-8,12,17H,4-5,16H2,1-3H3. The van der Waals surface area contributed by atoms with Gasteiger partial charge in [-0.3, -0.25) is 5.84 Å². The number of rotatable bonds is 6. The third-order valence-corrected chi connectivity index (χ3v) is 3.25. The molecule has 1 aromatic carbocycles. The van der Waals surface area contributed by atoms with Crippen molar-refractivity contribution in [2.75, 3.05) is 6.61 Å². The van der Waals surface area contributed by atoms with E-state index in [0.29, 0.717) is 13.0 Å². The second-order valence-electron chi connectivity index (χ2n) is 4.34. The quantitative estimate of drug-likeness (QED) is 0.609. The minimum atomic E-state index is -0.889. The highest BCUT2D eigenvalue weighted by Gasteiger charge is 2.36. The maximum absolute atomic E-state index is 13.8. The lowest BCUT2D eigenvalue weighted by Crippen LogP contribution is -2.46. The molecule has 2 atom stereocenters. The Labute approximate surface area is 106 Å². The van der Waals surface area contributed by atoms with Crippen LogP contribution < -0.4 is 11.3 Å². The summed E-state index contributed by atoms with van der Waals surface area (Å²) in [5.41, 5.74) is 2.01. The van der Waals surface area contributed by atoms with Crippen molar-refractivity contribution in [2.24, 2.45) is 5.84 Å². The van der Waals surface area contributed by atoms with Gasteiger partial charge in [-0.05, 0) is 26.3 Å². The monoisotopic (exact) mass is 258 g/mol. The summed E-state index contributed by atoms with van der Waals surface area (Å²) in [7, 11) is 0. The van der Waals surface area contributed by atoms with Crippen LogP contribution in [0, 0.1) is 11.6 Å². The summed E-state index contributed by atoms with van der Waals surface area (Å²) in [6, 6.07) is 3.44. The molecule has 2 unspecified atom stereocenters. The molecule has 0 aliphatic rings. The molecular weight excluding hydrogens is 238 g/mol. The van der Waals surface area contributed by atoms with Gasteiger partial charge in [-0.25, -0.2) is 14.2 Å². The molecule has 0 aliphatic heterocycles. The number of nitrogens with one attached hydrogen (secondary N) is 1. The molecule has 3 N–H and O–H groups in total. The molecule has 0 saturated heterocycles. The van der Waals surface area contributed by atoms with Crippen LogP contribution in [0.4, 0.5) is 8.78 Å². The number of hydrazine groups is 1. The normalized spacial score (nSPS) is 16.3. The number of halogens is 2. The highest BCUT2D eigenvalue weighted by atomic mass is 19.2. The average molecular weight is 258 g/mol. The summed E-state index contributed by atoms with van der Waals surface area (Å²) < 4.78 is 32.7. The van der Waals surface area contributed by atoms with E-state index in [1.165, 1.54) is 12.1 Å². The van der Waals surface area contributed by atoms with Gasteiger partial charge in [0.25, 0.3) is 0 Å². The zero-order valence-electron chi connectivity index (χ0n) is 11.0. The van der Waals surface area contributed by atoms with Crippen LogP contribution in [0.5, 0.6) is 0 Å². The number of hydrogen-bond donors (Lipinski definition) is 2. The minimum absolute atomic E-state index is 0.176. The number of ether oxygens (including phenoxy) is 1. The molecule has 102 valence electrons. The Morgan fingerprint density at radius 1 is 1.39 bits per heavy atom. The molecule has 18 heavy (non-hydrogen) atoms. The van der Waals surface area contributed by atoms with E-state index in [-0.39, 0.29) is 5.56 Å². The maximum atomic E-state index is 13.8. The van der Waals surface area contributed by atoms with Gasteiger partial charge < -0.3 is 4.74 Å². The molecule has 1 rings (SSSR count). The first kappa shape index (κ1) is 15.0. The topological polar surface area (TPSA) is 47.3 Å².